The maximum atomic E-state index is 12.5. The van der Waals surface area contributed by atoms with Crippen LogP contribution in [-0.4, -0.2) is 23.8 Å². The van der Waals surface area contributed by atoms with Crippen LogP contribution in [0, 0.1) is 17.0 Å². The second kappa shape index (κ2) is 8.87. The van der Waals surface area contributed by atoms with E-state index >= 15 is 0 Å². The van der Waals surface area contributed by atoms with Gasteiger partial charge in [0.15, 0.2) is 0 Å². The van der Waals surface area contributed by atoms with Gasteiger partial charge in [0.2, 0.25) is 0 Å². The van der Waals surface area contributed by atoms with E-state index in [0.29, 0.717) is 22.7 Å². The molecule has 0 spiro atoms. The number of amides is 2. The number of hydrogen-bond donors (Lipinski definition) is 2. The SMILES string of the molecule is COc1ccccc1NC(=O)c1ccc(NC(=O)c2cccc([N+](=O)[O-])c2C)cc1. The van der Waals surface area contributed by atoms with Gasteiger partial charge in [-0.05, 0) is 49.4 Å². The van der Waals surface area contributed by atoms with Gasteiger partial charge in [0, 0.05) is 28.4 Å². The maximum Gasteiger partial charge on any atom is 0.273 e. The van der Waals surface area contributed by atoms with Gasteiger partial charge in [0.1, 0.15) is 5.75 Å². The van der Waals surface area contributed by atoms with Gasteiger partial charge in [-0.25, -0.2) is 0 Å². The van der Waals surface area contributed by atoms with Gasteiger partial charge >= 0.3 is 0 Å². The molecule has 8 nitrogen and oxygen atoms in total. The number of benzene rings is 3. The number of carbonyl (C=O) groups is 2. The Morgan fingerprint density at radius 2 is 1.60 bits per heavy atom. The summed E-state index contributed by atoms with van der Waals surface area (Å²) in [4.78, 5) is 35.5. The number of para-hydroxylation sites is 2. The normalized spacial score (nSPS) is 10.2. The second-order valence-electron chi connectivity index (χ2n) is 6.39. The van der Waals surface area contributed by atoms with Gasteiger partial charge in [-0.3, -0.25) is 19.7 Å². The fourth-order valence-corrected chi connectivity index (χ4v) is 2.91. The van der Waals surface area contributed by atoms with E-state index in [1.807, 2.05) is 0 Å². The van der Waals surface area contributed by atoms with E-state index in [0.717, 1.165) is 0 Å². The van der Waals surface area contributed by atoms with Gasteiger partial charge < -0.3 is 15.4 Å². The molecule has 0 fully saturated rings. The Morgan fingerprint density at radius 1 is 0.900 bits per heavy atom. The minimum absolute atomic E-state index is 0.119. The molecule has 0 saturated heterocycles. The molecule has 3 aromatic carbocycles. The molecule has 0 unspecified atom stereocenters. The van der Waals surface area contributed by atoms with Crippen LogP contribution in [0.1, 0.15) is 26.3 Å². The van der Waals surface area contributed by atoms with E-state index < -0.39 is 10.8 Å². The Bertz CT molecular complexity index is 1110. The van der Waals surface area contributed by atoms with Crippen LogP contribution in [0.25, 0.3) is 0 Å². The molecule has 30 heavy (non-hydrogen) atoms. The van der Waals surface area contributed by atoms with Gasteiger partial charge in [-0.2, -0.15) is 0 Å². The van der Waals surface area contributed by atoms with E-state index in [4.69, 9.17) is 4.74 Å². The minimum Gasteiger partial charge on any atom is -0.495 e. The predicted octanol–water partition coefficient (Wildman–Crippen LogP) is 4.42. The molecule has 0 aromatic heterocycles. The number of carbonyl (C=O) groups excluding carboxylic acids is 2. The highest BCUT2D eigenvalue weighted by Gasteiger charge is 2.18. The quantitative estimate of drug-likeness (QED) is 0.466. The van der Waals surface area contributed by atoms with E-state index in [1.54, 1.807) is 48.5 Å². The molecular weight excluding hydrogens is 386 g/mol. The Balaban J connectivity index is 1.72. The van der Waals surface area contributed by atoms with Crippen molar-refractivity contribution in [3.05, 3.63) is 93.5 Å². The first-order chi connectivity index (χ1) is 14.4. The summed E-state index contributed by atoms with van der Waals surface area (Å²) in [7, 11) is 1.52. The van der Waals surface area contributed by atoms with Crippen LogP contribution in [0.2, 0.25) is 0 Å². The van der Waals surface area contributed by atoms with Crippen molar-refractivity contribution >= 4 is 28.9 Å². The molecule has 0 aliphatic heterocycles. The summed E-state index contributed by atoms with van der Waals surface area (Å²) in [5.74, 6) is -0.253. The molecule has 0 atom stereocenters. The second-order valence-corrected chi connectivity index (χ2v) is 6.39. The van der Waals surface area contributed by atoms with Crippen molar-refractivity contribution in [2.75, 3.05) is 17.7 Å². The molecule has 0 radical (unpaired) electrons. The molecule has 2 amide bonds. The van der Waals surface area contributed by atoms with Crippen LogP contribution in [0.4, 0.5) is 17.1 Å². The van der Waals surface area contributed by atoms with Crippen molar-refractivity contribution in [3.63, 3.8) is 0 Å². The van der Waals surface area contributed by atoms with Gasteiger partial charge in [0.05, 0.1) is 17.7 Å². The summed E-state index contributed by atoms with van der Waals surface area (Å²) in [6.07, 6.45) is 0. The van der Waals surface area contributed by atoms with Crippen molar-refractivity contribution in [3.8, 4) is 5.75 Å². The zero-order chi connectivity index (χ0) is 21.7. The largest absolute Gasteiger partial charge is 0.495 e. The highest BCUT2D eigenvalue weighted by molar-refractivity contribution is 6.07. The first-order valence-electron chi connectivity index (χ1n) is 9.00. The van der Waals surface area contributed by atoms with Crippen molar-refractivity contribution in [1.82, 2.24) is 0 Å². The molecule has 0 aliphatic carbocycles. The zero-order valence-corrected chi connectivity index (χ0v) is 16.3. The molecule has 0 aliphatic rings. The van der Waals surface area contributed by atoms with Crippen LogP contribution >= 0.6 is 0 Å². The molecule has 2 N–H and O–H groups in total. The standard InChI is InChI=1S/C22H19N3O5/c1-14-17(6-5-8-19(14)25(28)29)22(27)23-16-12-10-15(11-13-16)21(26)24-18-7-3-4-9-20(18)30-2/h3-13H,1-2H3,(H,23,27)(H,24,26). The lowest BCUT2D eigenvalue weighted by atomic mass is 10.1. The third-order valence-electron chi connectivity index (χ3n) is 4.51. The van der Waals surface area contributed by atoms with E-state index in [-0.39, 0.29) is 22.7 Å². The number of nitrogens with one attached hydrogen (secondary N) is 2. The van der Waals surface area contributed by atoms with Crippen molar-refractivity contribution in [1.29, 1.82) is 0 Å². The van der Waals surface area contributed by atoms with E-state index in [1.165, 1.54) is 32.2 Å². The average molecular weight is 405 g/mol. The van der Waals surface area contributed by atoms with Crippen LogP contribution < -0.4 is 15.4 Å². The summed E-state index contributed by atoms with van der Waals surface area (Å²) in [5.41, 5.74) is 1.77. The number of ether oxygens (including phenoxy) is 1. The number of nitrogens with zero attached hydrogens (tertiary/aromatic N) is 1. The molecule has 0 saturated carbocycles. The maximum absolute atomic E-state index is 12.5. The summed E-state index contributed by atoms with van der Waals surface area (Å²) < 4.78 is 5.22. The fourth-order valence-electron chi connectivity index (χ4n) is 2.91. The highest BCUT2D eigenvalue weighted by Crippen LogP contribution is 2.24. The molecule has 3 aromatic rings. The summed E-state index contributed by atoms with van der Waals surface area (Å²) in [5, 5.41) is 16.5. The first-order valence-corrected chi connectivity index (χ1v) is 9.00. The van der Waals surface area contributed by atoms with Crippen LogP contribution in [-0.2, 0) is 0 Å². The molecule has 0 bridgehead atoms. The van der Waals surface area contributed by atoms with Crippen LogP contribution in [0.3, 0.4) is 0 Å². The molecule has 8 heteroatoms. The van der Waals surface area contributed by atoms with Crippen LogP contribution in [0.15, 0.2) is 66.7 Å². The average Bonchev–Trinajstić information content (AvgIpc) is 2.74. The smallest absolute Gasteiger partial charge is 0.273 e. The molecule has 0 heterocycles. The fraction of sp³-hybridized carbons (Fsp3) is 0.0909. The number of hydrogen-bond acceptors (Lipinski definition) is 5. The molecular formula is C22H19N3O5. The van der Waals surface area contributed by atoms with E-state index in [9.17, 15) is 19.7 Å². The third-order valence-corrected chi connectivity index (χ3v) is 4.51. The number of methoxy groups -OCH3 is 1. The minimum atomic E-state index is -0.527. The van der Waals surface area contributed by atoms with Gasteiger partial charge in [-0.15, -0.1) is 0 Å². The van der Waals surface area contributed by atoms with Crippen molar-refractivity contribution < 1.29 is 19.2 Å². The molecule has 152 valence electrons. The van der Waals surface area contributed by atoms with Gasteiger partial charge in [0.25, 0.3) is 17.5 Å². The summed E-state index contributed by atoms with van der Waals surface area (Å²) in [6.45, 7) is 1.53. The number of nitro benzene ring substituents is 1. The van der Waals surface area contributed by atoms with E-state index in [2.05, 4.69) is 10.6 Å². The Kier molecular flexibility index (Phi) is 6.07. The predicted molar refractivity (Wildman–Crippen MR) is 113 cm³/mol. The summed E-state index contributed by atoms with van der Waals surface area (Å²) >= 11 is 0. The lowest BCUT2D eigenvalue weighted by Gasteiger charge is -2.11. The van der Waals surface area contributed by atoms with Crippen molar-refractivity contribution in [2.24, 2.45) is 0 Å². The highest BCUT2D eigenvalue weighted by atomic mass is 16.6. The Hall–Kier alpha value is -4.20. The topological polar surface area (TPSA) is 111 Å². The lowest BCUT2D eigenvalue weighted by molar-refractivity contribution is -0.385. The number of rotatable bonds is 6. The molecule has 3 rings (SSSR count). The van der Waals surface area contributed by atoms with Gasteiger partial charge in [-0.1, -0.05) is 18.2 Å². The lowest BCUT2D eigenvalue weighted by Crippen LogP contribution is -2.15. The Labute approximate surface area is 172 Å². The number of nitro groups is 1. The number of anilines is 2. The Morgan fingerprint density at radius 3 is 2.27 bits per heavy atom. The zero-order valence-electron chi connectivity index (χ0n) is 16.3. The van der Waals surface area contributed by atoms with Crippen LogP contribution in [0.5, 0.6) is 5.75 Å². The third kappa shape index (κ3) is 4.44. The first kappa shape index (κ1) is 20.5. The summed E-state index contributed by atoms with van der Waals surface area (Å²) in [6, 6.07) is 17.7. The van der Waals surface area contributed by atoms with Crippen molar-refractivity contribution in [2.45, 2.75) is 6.92 Å². The monoisotopic (exact) mass is 405 g/mol.